The number of anilines is 1. The Kier molecular flexibility index (Phi) is 4.67. The highest BCUT2D eigenvalue weighted by molar-refractivity contribution is 5.89. The lowest BCUT2D eigenvalue weighted by Gasteiger charge is -2.15. The molecule has 1 atom stereocenters. The summed E-state index contributed by atoms with van der Waals surface area (Å²) < 4.78 is 39.6. The van der Waals surface area contributed by atoms with Crippen LogP contribution in [0.1, 0.15) is 29.8 Å². The zero-order valence-electron chi connectivity index (χ0n) is 13.2. The van der Waals surface area contributed by atoms with Gasteiger partial charge in [0.2, 0.25) is 0 Å². The monoisotopic (exact) mass is 343 g/mol. The van der Waals surface area contributed by atoms with Gasteiger partial charge in [0.15, 0.2) is 0 Å². The number of amides is 2. The molecule has 10 heteroatoms. The molecule has 2 aromatic rings. The Hall–Kier alpha value is -2.78. The number of alkyl halides is 3. The topological polar surface area (TPSA) is 91.8 Å². The maximum absolute atomic E-state index is 12.7. The number of pyridine rings is 1. The maximum atomic E-state index is 12.7. The number of carbonyl (C=O) groups is 1. The Morgan fingerprint density at radius 3 is 2.62 bits per heavy atom. The van der Waals surface area contributed by atoms with Gasteiger partial charge in [0.05, 0.1) is 17.8 Å². The van der Waals surface area contributed by atoms with E-state index < -0.39 is 35.1 Å². The lowest BCUT2D eigenvalue weighted by molar-refractivity contribution is -0.137. The van der Waals surface area contributed by atoms with Crippen LogP contribution in [0, 0.1) is 6.92 Å². The van der Waals surface area contributed by atoms with Gasteiger partial charge >= 0.3 is 12.2 Å². The summed E-state index contributed by atoms with van der Waals surface area (Å²) in [7, 11) is 1.74. The Morgan fingerprint density at radius 1 is 1.42 bits per heavy atom. The fraction of sp³-hybridized carbons (Fsp3) is 0.357. The second kappa shape index (κ2) is 6.38. The largest absolute Gasteiger partial charge is 0.417 e. The molecule has 0 aliphatic rings. The molecule has 2 aromatic heterocycles. The molecule has 7 nitrogen and oxygen atoms in total. The molecule has 2 amide bonds. The minimum atomic E-state index is -4.63. The zero-order valence-corrected chi connectivity index (χ0v) is 13.2. The van der Waals surface area contributed by atoms with E-state index >= 15 is 0 Å². The third kappa shape index (κ3) is 3.76. The number of carbonyl (C=O) groups excluding carboxylic acids is 1. The summed E-state index contributed by atoms with van der Waals surface area (Å²) in [4.78, 5) is 25.5. The quantitative estimate of drug-likeness (QED) is 0.799. The number of urea groups is 1. The van der Waals surface area contributed by atoms with Crippen molar-refractivity contribution in [3.8, 4) is 0 Å². The van der Waals surface area contributed by atoms with Crippen molar-refractivity contribution in [3.05, 3.63) is 45.6 Å². The first-order valence-corrected chi connectivity index (χ1v) is 6.95. The van der Waals surface area contributed by atoms with Gasteiger partial charge < -0.3 is 15.6 Å². The molecule has 0 spiro atoms. The molecular weight excluding hydrogens is 327 g/mol. The van der Waals surface area contributed by atoms with Crippen LogP contribution in [-0.4, -0.2) is 20.8 Å². The molecule has 2 heterocycles. The van der Waals surface area contributed by atoms with Crippen LogP contribution in [0.2, 0.25) is 0 Å². The summed E-state index contributed by atoms with van der Waals surface area (Å²) in [5.74, 6) is 0. The number of aryl methyl sites for hydroxylation is 1. The normalized spacial score (nSPS) is 12.8. The summed E-state index contributed by atoms with van der Waals surface area (Å²) >= 11 is 0. The number of rotatable bonds is 3. The number of hydrogen-bond acceptors (Lipinski definition) is 3. The zero-order chi connectivity index (χ0) is 18.1. The van der Waals surface area contributed by atoms with E-state index in [1.54, 1.807) is 24.9 Å². The average molecular weight is 343 g/mol. The van der Waals surface area contributed by atoms with E-state index in [9.17, 15) is 22.8 Å². The second-order valence-corrected chi connectivity index (χ2v) is 5.26. The predicted octanol–water partition coefficient (Wildman–Crippen LogP) is 2.32. The van der Waals surface area contributed by atoms with Crippen LogP contribution in [0.4, 0.5) is 23.7 Å². The fourth-order valence-corrected chi connectivity index (χ4v) is 2.11. The molecule has 24 heavy (non-hydrogen) atoms. The highest BCUT2D eigenvalue weighted by Gasteiger charge is 2.31. The van der Waals surface area contributed by atoms with E-state index in [0.717, 1.165) is 11.3 Å². The van der Waals surface area contributed by atoms with E-state index in [4.69, 9.17) is 0 Å². The standard InChI is InChI=1S/C14H16F3N5O2/c1-7(10-6-19-22(3)8(10)2)20-13(24)21-11-4-9(14(15,16)17)5-18-12(11)23/h4-7H,1-3H3,(H,18,23)(H2,20,21,24)/t7-/m1/s1. The molecular formula is C14H16F3N5O2. The van der Waals surface area contributed by atoms with E-state index in [2.05, 4.69) is 15.7 Å². The molecule has 130 valence electrons. The predicted molar refractivity (Wildman–Crippen MR) is 80.6 cm³/mol. The SMILES string of the molecule is Cc1c([C@@H](C)NC(=O)Nc2cc(C(F)(F)F)c[nH]c2=O)cnn1C. The molecule has 2 rings (SSSR count). The highest BCUT2D eigenvalue weighted by Crippen LogP contribution is 2.29. The molecule has 0 saturated carbocycles. The van der Waals surface area contributed by atoms with Crippen molar-refractivity contribution in [1.82, 2.24) is 20.1 Å². The van der Waals surface area contributed by atoms with Gasteiger partial charge in [-0.05, 0) is 19.9 Å². The highest BCUT2D eigenvalue weighted by atomic mass is 19.4. The molecule has 0 aliphatic heterocycles. The smallest absolute Gasteiger partial charge is 0.331 e. The van der Waals surface area contributed by atoms with Gasteiger partial charge in [0.25, 0.3) is 5.56 Å². The lowest BCUT2D eigenvalue weighted by atomic mass is 10.1. The molecule has 0 bridgehead atoms. The molecule has 0 saturated heterocycles. The summed E-state index contributed by atoms with van der Waals surface area (Å²) in [6, 6.07) is -0.655. The molecule has 0 fully saturated rings. The second-order valence-electron chi connectivity index (χ2n) is 5.26. The number of nitrogens with zero attached hydrogens (tertiary/aromatic N) is 2. The summed E-state index contributed by atoms with van der Waals surface area (Å²) in [6.07, 6.45) is -2.50. The lowest BCUT2D eigenvalue weighted by Crippen LogP contribution is -2.33. The number of nitrogens with one attached hydrogen (secondary N) is 3. The number of aromatic amines is 1. The molecule has 0 aromatic carbocycles. The van der Waals surface area contributed by atoms with E-state index in [1.807, 2.05) is 11.9 Å². The van der Waals surface area contributed by atoms with E-state index in [-0.39, 0.29) is 0 Å². The first-order chi connectivity index (χ1) is 11.1. The van der Waals surface area contributed by atoms with Gasteiger partial charge in [-0.1, -0.05) is 0 Å². The summed E-state index contributed by atoms with van der Waals surface area (Å²) in [5, 5.41) is 8.72. The Labute approximate surface area is 134 Å². The molecule has 0 radical (unpaired) electrons. The summed E-state index contributed by atoms with van der Waals surface area (Å²) in [6.45, 7) is 3.51. The molecule has 3 N–H and O–H groups in total. The van der Waals surface area contributed by atoms with Crippen LogP contribution in [-0.2, 0) is 13.2 Å². The van der Waals surface area contributed by atoms with Crippen molar-refractivity contribution in [2.24, 2.45) is 7.05 Å². The van der Waals surface area contributed by atoms with Crippen LogP contribution in [0.15, 0.2) is 23.3 Å². The third-order valence-corrected chi connectivity index (χ3v) is 3.57. The molecule has 0 aliphatic carbocycles. The first-order valence-electron chi connectivity index (χ1n) is 6.95. The number of halogens is 3. The first kappa shape index (κ1) is 17.6. The van der Waals surface area contributed by atoms with Crippen molar-refractivity contribution in [1.29, 1.82) is 0 Å². The van der Waals surface area contributed by atoms with Gasteiger partial charge in [-0.2, -0.15) is 18.3 Å². The molecule has 0 unspecified atom stereocenters. The van der Waals surface area contributed by atoms with E-state index in [0.29, 0.717) is 12.3 Å². The van der Waals surface area contributed by atoms with Crippen molar-refractivity contribution < 1.29 is 18.0 Å². The van der Waals surface area contributed by atoms with Gasteiger partial charge in [-0.25, -0.2) is 4.79 Å². The Balaban J connectivity index is 2.12. The minimum absolute atomic E-state index is 0.441. The van der Waals surface area contributed by atoms with Gasteiger partial charge in [-0.3, -0.25) is 9.48 Å². The van der Waals surface area contributed by atoms with Crippen molar-refractivity contribution in [3.63, 3.8) is 0 Å². The van der Waals surface area contributed by atoms with Crippen LogP contribution in [0.25, 0.3) is 0 Å². The van der Waals surface area contributed by atoms with Crippen LogP contribution in [0.3, 0.4) is 0 Å². The third-order valence-electron chi connectivity index (χ3n) is 3.57. The van der Waals surface area contributed by atoms with Crippen LogP contribution < -0.4 is 16.2 Å². The van der Waals surface area contributed by atoms with Crippen LogP contribution in [0.5, 0.6) is 0 Å². The number of H-pyrrole nitrogens is 1. The fourth-order valence-electron chi connectivity index (χ4n) is 2.11. The van der Waals surface area contributed by atoms with Crippen molar-refractivity contribution in [2.75, 3.05) is 5.32 Å². The van der Waals surface area contributed by atoms with Crippen molar-refractivity contribution in [2.45, 2.75) is 26.1 Å². The minimum Gasteiger partial charge on any atom is -0.331 e. The maximum Gasteiger partial charge on any atom is 0.417 e. The van der Waals surface area contributed by atoms with Crippen molar-refractivity contribution >= 4 is 11.7 Å². The Bertz CT molecular complexity index is 809. The Morgan fingerprint density at radius 2 is 2.08 bits per heavy atom. The van der Waals surface area contributed by atoms with Gasteiger partial charge in [0, 0.05) is 24.5 Å². The number of aromatic nitrogens is 3. The van der Waals surface area contributed by atoms with E-state index in [1.165, 1.54) is 0 Å². The average Bonchev–Trinajstić information content (AvgIpc) is 2.80. The summed E-state index contributed by atoms with van der Waals surface area (Å²) in [5.41, 5.74) is -0.792. The van der Waals surface area contributed by atoms with Gasteiger partial charge in [-0.15, -0.1) is 0 Å². The number of hydrogen-bond donors (Lipinski definition) is 3. The van der Waals surface area contributed by atoms with Gasteiger partial charge in [0.1, 0.15) is 5.69 Å². The van der Waals surface area contributed by atoms with Crippen LogP contribution >= 0.6 is 0 Å².